The maximum absolute atomic E-state index is 10.1. The molecule has 0 atom stereocenters. The minimum absolute atomic E-state index is 0.739. The van der Waals surface area contributed by atoms with E-state index in [0.717, 1.165) is 19.1 Å². The number of hydrogen-bond donors (Lipinski definition) is 0. The lowest BCUT2D eigenvalue weighted by atomic mass is 10.1. The first kappa shape index (κ1) is 16.1. The van der Waals surface area contributed by atoms with Crippen LogP contribution < -0.4 is 0 Å². The molecule has 0 aliphatic rings. The van der Waals surface area contributed by atoms with E-state index in [9.17, 15) is 4.79 Å². The summed E-state index contributed by atoms with van der Waals surface area (Å²) in [7, 11) is 0. The van der Waals surface area contributed by atoms with Crippen LogP contribution in [0.25, 0.3) is 0 Å². The summed E-state index contributed by atoms with van der Waals surface area (Å²) in [5.74, 6) is 0. The SMILES string of the molecule is CCCCC=C/C=C/CCCCCCCC=O. The molecule has 0 saturated heterocycles. The zero-order valence-electron chi connectivity index (χ0n) is 11.4. The smallest absolute Gasteiger partial charge is 0.119 e. The van der Waals surface area contributed by atoms with Crippen LogP contribution in [0.4, 0.5) is 0 Å². The van der Waals surface area contributed by atoms with Gasteiger partial charge in [-0.25, -0.2) is 0 Å². The molecule has 0 rings (SSSR count). The normalized spacial score (nSPS) is 11.6. The second kappa shape index (κ2) is 15.1. The number of allylic oxidation sites excluding steroid dienone is 4. The van der Waals surface area contributed by atoms with Gasteiger partial charge in [0, 0.05) is 6.42 Å². The van der Waals surface area contributed by atoms with Gasteiger partial charge >= 0.3 is 0 Å². The first-order valence-electron chi connectivity index (χ1n) is 7.17. The lowest BCUT2D eigenvalue weighted by Crippen LogP contribution is -1.79. The second-order valence-electron chi connectivity index (χ2n) is 4.51. The maximum atomic E-state index is 10.1. The lowest BCUT2D eigenvalue weighted by Gasteiger charge is -1.96. The average molecular weight is 236 g/mol. The van der Waals surface area contributed by atoms with Gasteiger partial charge in [-0.05, 0) is 25.7 Å². The van der Waals surface area contributed by atoms with Crippen molar-refractivity contribution in [3.8, 4) is 0 Å². The Hall–Kier alpha value is -0.850. The molecule has 0 aliphatic carbocycles. The number of rotatable bonds is 12. The predicted octanol–water partition coefficient (Wildman–Crippen LogP) is 5.22. The summed E-state index contributed by atoms with van der Waals surface area (Å²) in [5.41, 5.74) is 0. The highest BCUT2D eigenvalue weighted by molar-refractivity contribution is 5.48. The first-order valence-corrected chi connectivity index (χ1v) is 7.17. The molecule has 1 nitrogen and oxygen atoms in total. The van der Waals surface area contributed by atoms with Crippen molar-refractivity contribution in [1.29, 1.82) is 0 Å². The molecule has 0 amide bonds. The highest BCUT2D eigenvalue weighted by Gasteiger charge is 1.88. The highest BCUT2D eigenvalue weighted by atomic mass is 16.1. The van der Waals surface area contributed by atoms with E-state index in [1.807, 2.05) is 0 Å². The van der Waals surface area contributed by atoms with Crippen molar-refractivity contribution in [1.82, 2.24) is 0 Å². The van der Waals surface area contributed by atoms with Crippen LogP contribution in [0.1, 0.15) is 71.1 Å². The molecule has 98 valence electrons. The van der Waals surface area contributed by atoms with E-state index in [-0.39, 0.29) is 0 Å². The van der Waals surface area contributed by atoms with Crippen LogP contribution >= 0.6 is 0 Å². The van der Waals surface area contributed by atoms with E-state index in [0.29, 0.717) is 0 Å². The first-order chi connectivity index (χ1) is 8.41. The molecule has 0 aromatic carbocycles. The van der Waals surface area contributed by atoms with Crippen LogP contribution in [0.5, 0.6) is 0 Å². The molecule has 1 heteroatoms. The third-order valence-electron chi connectivity index (χ3n) is 2.80. The van der Waals surface area contributed by atoms with Gasteiger partial charge in [-0.3, -0.25) is 0 Å². The van der Waals surface area contributed by atoms with Gasteiger partial charge < -0.3 is 4.79 Å². The van der Waals surface area contributed by atoms with Gasteiger partial charge in [-0.15, -0.1) is 0 Å². The van der Waals surface area contributed by atoms with Gasteiger partial charge in [0.15, 0.2) is 0 Å². The van der Waals surface area contributed by atoms with Crippen LogP contribution in [-0.2, 0) is 4.79 Å². The second-order valence-corrected chi connectivity index (χ2v) is 4.51. The van der Waals surface area contributed by atoms with Gasteiger partial charge in [0.25, 0.3) is 0 Å². The van der Waals surface area contributed by atoms with E-state index in [1.165, 1.54) is 51.4 Å². The van der Waals surface area contributed by atoms with Gasteiger partial charge in [0.2, 0.25) is 0 Å². The third-order valence-corrected chi connectivity index (χ3v) is 2.80. The summed E-state index contributed by atoms with van der Waals surface area (Å²) in [4.78, 5) is 10.1. The Balaban J connectivity index is 3.13. The van der Waals surface area contributed by atoms with Crippen molar-refractivity contribution in [3.63, 3.8) is 0 Å². The average Bonchev–Trinajstić information content (AvgIpc) is 2.35. The van der Waals surface area contributed by atoms with E-state index >= 15 is 0 Å². The Kier molecular flexibility index (Phi) is 14.4. The minimum atomic E-state index is 0.739. The summed E-state index contributed by atoms with van der Waals surface area (Å²) in [6.45, 7) is 2.22. The van der Waals surface area contributed by atoms with E-state index in [1.54, 1.807) is 0 Å². The standard InChI is InChI=1S/C16H28O/c1-2-3-4-5-6-7-8-9-10-11-12-13-14-15-16-17/h5-8,16H,2-4,9-15H2,1H3/b6-5?,8-7+. The molecule has 0 aromatic rings. The van der Waals surface area contributed by atoms with Crippen molar-refractivity contribution in [2.75, 3.05) is 0 Å². The molecule has 0 saturated carbocycles. The number of unbranched alkanes of at least 4 members (excludes halogenated alkanes) is 8. The van der Waals surface area contributed by atoms with Gasteiger partial charge in [-0.1, -0.05) is 63.3 Å². The third kappa shape index (κ3) is 15.1. The Labute approximate surface area is 107 Å². The Morgan fingerprint density at radius 2 is 1.24 bits per heavy atom. The van der Waals surface area contributed by atoms with Crippen molar-refractivity contribution in [3.05, 3.63) is 24.3 Å². The van der Waals surface area contributed by atoms with Crippen molar-refractivity contribution >= 4 is 6.29 Å². The van der Waals surface area contributed by atoms with E-state index in [2.05, 4.69) is 31.2 Å². The molecular formula is C16H28O. The quantitative estimate of drug-likeness (QED) is 0.258. The minimum Gasteiger partial charge on any atom is -0.303 e. The number of carbonyl (C=O) groups excluding carboxylic acids is 1. The maximum Gasteiger partial charge on any atom is 0.119 e. The van der Waals surface area contributed by atoms with Crippen LogP contribution in [0, 0.1) is 0 Å². The van der Waals surface area contributed by atoms with Crippen LogP contribution in [0.2, 0.25) is 0 Å². The zero-order valence-corrected chi connectivity index (χ0v) is 11.4. The fourth-order valence-electron chi connectivity index (χ4n) is 1.69. The van der Waals surface area contributed by atoms with Crippen molar-refractivity contribution < 1.29 is 4.79 Å². The number of carbonyl (C=O) groups is 1. The molecule has 17 heavy (non-hydrogen) atoms. The molecule has 0 fully saturated rings. The summed E-state index contributed by atoms with van der Waals surface area (Å²) < 4.78 is 0. The zero-order chi connectivity index (χ0) is 12.6. The number of aldehydes is 1. The number of hydrogen-bond acceptors (Lipinski definition) is 1. The monoisotopic (exact) mass is 236 g/mol. The molecule has 0 heterocycles. The van der Waals surface area contributed by atoms with Gasteiger partial charge in [0.1, 0.15) is 6.29 Å². The summed E-state index contributed by atoms with van der Waals surface area (Å²) >= 11 is 0. The molecule has 0 bridgehead atoms. The summed E-state index contributed by atoms with van der Waals surface area (Å²) in [5, 5.41) is 0. The topological polar surface area (TPSA) is 17.1 Å². The summed E-state index contributed by atoms with van der Waals surface area (Å²) in [6.07, 6.45) is 21.7. The van der Waals surface area contributed by atoms with Crippen molar-refractivity contribution in [2.24, 2.45) is 0 Å². The Morgan fingerprint density at radius 1 is 0.706 bits per heavy atom. The van der Waals surface area contributed by atoms with Crippen LogP contribution in [0.15, 0.2) is 24.3 Å². The molecule has 0 aliphatic heterocycles. The van der Waals surface area contributed by atoms with Gasteiger partial charge in [0.05, 0.1) is 0 Å². The largest absolute Gasteiger partial charge is 0.303 e. The molecule has 0 radical (unpaired) electrons. The molecule has 0 spiro atoms. The highest BCUT2D eigenvalue weighted by Crippen LogP contribution is 2.06. The van der Waals surface area contributed by atoms with E-state index in [4.69, 9.17) is 0 Å². The van der Waals surface area contributed by atoms with Crippen LogP contribution in [-0.4, -0.2) is 6.29 Å². The molecule has 0 aromatic heterocycles. The Bertz CT molecular complexity index is 204. The fourth-order valence-corrected chi connectivity index (χ4v) is 1.69. The van der Waals surface area contributed by atoms with Gasteiger partial charge in [-0.2, -0.15) is 0 Å². The fraction of sp³-hybridized carbons (Fsp3) is 0.688. The molecule has 0 N–H and O–H groups in total. The Morgan fingerprint density at radius 3 is 1.82 bits per heavy atom. The molecular weight excluding hydrogens is 208 g/mol. The van der Waals surface area contributed by atoms with E-state index < -0.39 is 0 Å². The lowest BCUT2D eigenvalue weighted by molar-refractivity contribution is -0.107. The molecule has 0 unspecified atom stereocenters. The van der Waals surface area contributed by atoms with Crippen molar-refractivity contribution in [2.45, 2.75) is 71.1 Å². The predicted molar refractivity (Wildman–Crippen MR) is 76.2 cm³/mol. The summed E-state index contributed by atoms with van der Waals surface area (Å²) in [6, 6.07) is 0. The van der Waals surface area contributed by atoms with Crippen LogP contribution in [0.3, 0.4) is 0 Å².